The van der Waals surface area contributed by atoms with Crippen LogP contribution in [0.5, 0.6) is 0 Å². The topological polar surface area (TPSA) is 38.1 Å². The molecular formula is C15H13FN2O. The summed E-state index contributed by atoms with van der Waals surface area (Å²) in [7, 11) is 0. The van der Waals surface area contributed by atoms with Gasteiger partial charge in [-0.05, 0) is 43.3 Å². The highest BCUT2D eigenvalue weighted by atomic mass is 19.1. The van der Waals surface area contributed by atoms with Gasteiger partial charge in [0.05, 0.1) is 0 Å². The first-order valence-electron chi connectivity index (χ1n) is 6.15. The van der Waals surface area contributed by atoms with Gasteiger partial charge in [0.25, 0.3) is 0 Å². The number of aromatic nitrogens is 1. The smallest absolute Gasteiger partial charge is 0.153 e. The van der Waals surface area contributed by atoms with E-state index in [4.69, 9.17) is 4.42 Å². The van der Waals surface area contributed by atoms with Crippen LogP contribution in [0.3, 0.4) is 0 Å². The maximum absolute atomic E-state index is 13.1. The van der Waals surface area contributed by atoms with Crippen LogP contribution in [0, 0.1) is 5.82 Å². The summed E-state index contributed by atoms with van der Waals surface area (Å²) < 4.78 is 18.8. The maximum atomic E-state index is 13.1. The number of benzene rings is 1. The molecule has 0 amide bonds. The number of anilines is 1. The molecule has 0 saturated carbocycles. The first kappa shape index (κ1) is 11.7. The normalized spacial score (nSPS) is 10.8. The highest BCUT2D eigenvalue weighted by Crippen LogP contribution is 2.28. The molecule has 0 aliphatic carbocycles. The molecule has 0 saturated heterocycles. The molecule has 1 aromatic carbocycles. The van der Waals surface area contributed by atoms with Gasteiger partial charge in [-0.1, -0.05) is 0 Å². The fraction of sp³-hybridized carbons (Fsp3) is 0.133. The second-order valence-corrected chi connectivity index (χ2v) is 4.25. The third-order valence-corrected chi connectivity index (χ3v) is 2.87. The van der Waals surface area contributed by atoms with E-state index in [0.717, 1.165) is 23.3 Å². The Bertz CT molecular complexity index is 721. The van der Waals surface area contributed by atoms with Crippen molar-refractivity contribution in [1.29, 1.82) is 0 Å². The van der Waals surface area contributed by atoms with E-state index >= 15 is 0 Å². The summed E-state index contributed by atoms with van der Waals surface area (Å²) in [6.45, 7) is 2.87. The van der Waals surface area contributed by atoms with Crippen LogP contribution in [0.25, 0.3) is 22.4 Å². The SMILES string of the molecule is CCNc1ccnc(-c2cc3cc(F)ccc3o2)c1. The van der Waals surface area contributed by atoms with Gasteiger partial charge in [-0.2, -0.15) is 0 Å². The monoisotopic (exact) mass is 256 g/mol. The average molecular weight is 256 g/mol. The Hall–Kier alpha value is -2.36. The van der Waals surface area contributed by atoms with Gasteiger partial charge in [-0.25, -0.2) is 4.39 Å². The van der Waals surface area contributed by atoms with Gasteiger partial charge >= 0.3 is 0 Å². The predicted octanol–water partition coefficient (Wildman–Crippen LogP) is 4.07. The molecule has 2 heterocycles. The van der Waals surface area contributed by atoms with Crippen LogP contribution in [0.1, 0.15) is 6.92 Å². The minimum absolute atomic E-state index is 0.269. The zero-order chi connectivity index (χ0) is 13.2. The molecular weight excluding hydrogens is 243 g/mol. The van der Waals surface area contributed by atoms with Crippen LogP contribution >= 0.6 is 0 Å². The number of fused-ring (bicyclic) bond motifs is 1. The fourth-order valence-corrected chi connectivity index (χ4v) is 2.02. The van der Waals surface area contributed by atoms with Crippen LogP contribution in [0.2, 0.25) is 0 Å². The number of nitrogens with zero attached hydrogens (tertiary/aromatic N) is 1. The minimum atomic E-state index is -0.269. The standard InChI is InChI=1S/C15H13FN2O/c1-2-17-12-5-6-18-13(9-12)15-8-10-7-11(16)3-4-14(10)19-15/h3-9H,2H2,1H3,(H,17,18). The summed E-state index contributed by atoms with van der Waals surface area (Å²) in [6, 6.07) is 10.1. The van der Waals surface area contributed by atoms with Gasteiger partial charge in [-0.3, -0.25) is 4.98 Å². The van der Waals surface area contributed by atoms with Crippen LogP contribution in [-0.4, -0.2) is 11.5 Å². The van der Waals surface area contributed by atoms with Crippen molar-refractivity contribution in [3.05, 3.63) is 48.4 Å². The molecule has 0 fully saturated rings. The zero-order valence-corrected chi connectivity index (χ0v) is 10.5. The number of furan rings is 1. The molecule has 0 aliphatic rings. The highest BCUT2D eigenvalue weighted by Gasteiger charge is 2.08. The molecule has 0 spiro atoms. The number of rotatable bonds is 3. The van der Waals surface area contributed by atoms with Gasteiger partial charge in [0, 0.05) is 23.8 Å². The molecule has 0 bridgehead atoms. The van der Waals surface area contributed by atoms with Gasteiger partial charge in [0.15, 0.2) is 5.76 Å². The van der Waals surface area contributed by atoms with Crippen molar-refractivity contribution in [2.75, 3.05) is 11.9 Å². The third kappa shape index (κ3) is 2.29. The number of hydrogen-bond donors (Lipinski definition) is 1. The first-order chi connectivity index (χ1) is 9.26. The van der Waals surface area contributed by atoms with E-state index in [2.05, 4.69) is 10.3 Å². The van der Waals surface area contributed by atoms with Crippen molar-refractivity contribution in [1.82, 2.24) is 4.98 Å². The molecule has 19 heavy (non-hydrogen) atoms. The van der Waals surface area contributed by atoms with Crippen molar-refractivity contribution >= 4 is 16.7 Å². The molecule has 4 heteroatoms. The minimum Gasteiger partial charge on any atom is -0.454 e. The van der Waals surface area contributed by atoms with Crippen molar-refractivity contribution in [2.45, 2.75) is 6.92 Å². The average Bonchev–Trinajstić information content (AvgIpc) is 2.82. The van der Waals surface area contributed by atoms with Crippen molar-refractivity contribution in [2.24, 2.45) is 0 Å². The molecule has 0 atom stereocenters. The lowest BCUT2D eigenvalue weighted by atomic mass is 10.2. The molecule has 2 aromatic heterocycles. The summed E-state index contributed by atoms with van der Waals surface area (Å²) in [5, 5.41) is 3.96. The number of halogens is 1. The number of nitrogens with one attached hydrogen (secondary N) is 1. The van der Waals surface area contributed by atoms with Crippen LogP contribution in [0.4, 0.5) is 10.1 Å². The molecule has 0 radical (unpaired) electrons. The lowest BCUT2D eigenvalue weighted by molar-refractivity contribution is 0.618. The maximum Gasteiger partial charge on any atom is 0.153 e. The zero-order valence-electron chi connectivity index (χ0n) is 10.5. The van der Waals surface area contributed by atoms with Crippen LogP contribution < -0.4 is 5.32 Å². The Labute approximate surface area is 110 Å². The van der Waals surface area contributed by atoms with Crippen molar-refractivity contribution in [3.63, 3.8) is 0 Å². The Morgan fingerprint density at radius 1 is 1.21 bits per heavy atom. The molecule has 0 aliphatic heterocycles. The molecule has 3 aromatic rings. The molecule has 0 unspecified atom stereocenters. The van der Waals surface area contributed by atoms with Crippen LogP contribution in [-0.2, 0) is 0 Å². The van der Waals surface area contributed by atoms with E-state index < -0.39 is 0 Å². The lowest BCUT2D eigenvalue weighted by Crippen LogP contribution is -1.96. The summed E-state index contributed by atoms with van der Waals surface area (Å²) >= 11 is 0. The molecule has 96 valence electrons. The second-order valence-electron chi connectivity index (χ2n) is 4.25. The fourth-order valence-electron chi connectivity index (χ4n) is 2.02. The largest absolute Gasteiger partial charge is 0.454 e. The van der Waals surface area contributed by atoms with E-state index in [9.17, 15) is 4.39 Å². The third-order valence-electron chi connectivity index (χ3n) is 2.87. The van der Waals surface area contributed by atoms with E-state index in [1.165, 1.54) is 12.1 Å². The van der Waals surface area contributed by atoms with Crippen molar-refractivity contribution < 1.29 is 8.81 Å². The molecule has 3 rings (SSSR count). The van der Waals surface area contributed by atoms with Crippen LogP contribution in [0.15, 0.2) is 47.0 Å². The molecule has 1 N–H and O–H groups in total. The lowest BCUT2D eigenvalue weighted by Gasteiger charge is -2.03. The predicted molar refractivity (Wildman–Crippen MR) is 73.6 cm³/mol. The number of pyridine rings is 1. The Morgan fingerprint density at radius 2 is 2.11 bits per heavy atom. The Balaban J connectivity index is 2.05. The second kappa shape index (κ2) is 4.72. The molecule has 3 nitrogen and oxygen atoms in total. The van der Waals surface area contributed by atoms with Crippen molar-refractivity contribution in [3.8, 4) is 11.5 Å². The van der Waals surface area contributed by atoms with Gasteiger partial charge < -0.3 is 9.73 Å². The van der Waals surface area contributed by atoms with E-state index in [0.29, 0.717) is 11.3 Å². The number of hydrogen-bond acceptors (Lipinski definition) is 3. The summed E-state index contributed by atoms with van der Waals surface area (Å²) in [6.07, 6.45) is 1.72. The Morgan fingerprint density at radius 3 is 2.95 bits per heavy atom. The first-order valence-corrected chi connectivity index (χ1v) is 6.15. The van der Waals surface area contributed by atoms with E-state index in [1.807, 2.05) is 19.1 Å². The summed E-state index contributed by atoms with van der Waals surface area (Å²) in [5.74, 6) is 0.370. The van der Waals surface area contributed by atoms with E-state index in [-0.39, 0.29) is 5.82 Å². The summed E-state index contributed by atoms with van der Waals surface area (Å²) in [5.41, 5.74) is 2.38. The van der Waals surface area contributed by atoms with E-state index in [1.54, 1.807) is 18.3 Å². The quantitative estimate of drug-likeness (QED) is 0.767. The van der Waals surface area contributed by atoms with Gasteiger partial charge in [-0.15, -0.1) is 0 Å². The van der Waals surface area contributed by atoms with Gasteiger partial charge in [0.2, 0.25) is 0 Å². The summed E-state index contributed by atoms with van der Waals surface area (Å²) in [4.78, 5) is 4.28. The van der Waals surface area contributed by atoms with Gasteiger partial charge in [0.1, 0.15) is 17.1 Å². The Kier molecular flexibility index (Phi) is 2.91. The highest BCUT2D eigenvalue weighted by molar-refractivity contribution is 5.82.